The van der Waals surface area contributed by atoms with Gasteiger partial charge in [0.2, 0.25) is 15.9 Å². The van der Waals surface area contributed by atoms with Crippen LogP contribution in [-0.4, -0.2) is 76.1 Å². The highest BCUT2D eigenvalue weighted by Gasteiger charge is 2.29. The Morgan fingerprint density at radius 1 is 1.08 bits per heavy atom. The molecule has 2 aromatic heterocycles. The highest BCUT2D eigenvalue weighted by Crippen LogP contribution is 2.33. The van der Waals surface area contributed by atoms with Crippen LogP contribution in [0.25, 0.3) is 33.7 Å². The van der Waals surface area contributed by atoms with Crippen LogP contribution in [0.2, 0.25) is 0 Å². The number of aromatic amines is 1. The third-order valence-electron chi connectivity index (χ3n) is 6.78. The van der Waals surface area contributed by atoms with Crippen LogP contribution in [0.3, 0.4) is 0 Å². The van der Waals surface area contributed by atoms with Crippen molar-refractivity contribution in [3.8, 4) is 28.4 Å². The van der Waals surface area contributed by atoms with E-state index in [0.29, 0.717) is 60.7 Å². The molecule has 0 radical (unpaired) electrons. The number of aryl methyl sites for hydroxylation is 1. The number of nitrogens with zero attached hydrogens (tertiary/aromatic N) is 5. The molecule has 4 aromatic rings. The topological polar surface area (TPSA) is 130 Å². The summed E-state index contributed by atoms with van der Waals surface area (Å²) >= 11 is 0. The van der Waals surface area contributed by atoms with E-state index in [4.69, 9.17) is 9.72 Å². The first-order chi connectivity index (χ1) is 18.7. The first kappa shape index (κ1) is 26.6. The largest absolute Gasteiger partial charge is 0.493 e. The Bertz CT molecular complexity index is 1700. The standard InChI is InChI=1S/C27H30N6O5S/c1-4-38-22-12-11-20(39(36,37)33-14-8-13-32(15-16-33)18(2)34)17-21(22)26-28-24-23(19-9-6-5-7-10-19)30-31(3)25(24)27(35)29-26/h5-7,9-12,17H,4,8,13-16H2,1-3H3,(H,28,29,35). The van der Waals surface area contributed by atoms with E-state index in [9.17, 15) is 18.0 Å². The van der Waals surface area contributed by atoms with E-state index in [1.54, 1.807) is 18.0 Å². The minimum absolute atomic E-state index is 0.0504. The fourth-order valence-electron chi connectivity index (χ4n) is 4.83. The summed E-state index contributed by atoms with van der Waals surface area (Å²) in [5.41, 5.74) is 1.99. The molecule has 12 heteroatoms. The summed E-state index contributed by atoms with van der Waals surface area (Å²) in [7, 11) is -2.21. The van der Waals surface area contributed by atoms with Crippen LogP contribution in [0.1, 0.15) is 20.3 Å². The van der Waals surface area contributed by atoms with Gasteiger partial charge in [-0.05, 0) is 31.5 Å². The van der Waals surface area contributed by atoms with Crippen LogP contribution < -0.4 is 10.3 Å². The van der Waals surface area contributed by atoms with E-state index in [1.165, 1.54) is 28.0 Å². The third-order valence-corrected chi connectivity index (χ3v) is 8.68. The van der Waals surface area contributed by atoms with Crippen molar-refractivity contribution in [2.24, 2.45) is 7.05 Å². The maximum atomic E-state index is 13.7. The summed E-state index contributed by atoms with van der Waals surface area (Å²) in [4.78, 5) is 34.3. The number of ether oxygens (including phenoxy) is 1. The molecule has 1 saturated heterocycles. The molecule has 1 amide bonds. The molecule has 1 fully saturated rings. The first-order valence-corrected chi connectivity index (χ1v) is 14.2. The number of sulfonamides is 1. The minimum Gasteiger partial charge on any atom is -0.493 e. The van der Waals surface area contributed by atoms with Gasteiger partial charge in [-0.1, -0.05) is 30.3 Å². The van der Waals surface area contributed by atoms with Gasteiger partial charge in [-0.25, -0.2) is 13.4 Å². The Hall–Kier alpha value is -4.03. The van der Waals surface area contributed by atoms with E-state index in [1.807, 2.05) is 37.3 Å². The molecule has 5 rings (SSSR count). The second-order valence-electron chi connectivity index (χ2n) is 9.30. The number of rotatable bonds is 6. The average molecular weight is 551 g/mol. The van der Waals surface area contributed by atoms with Gasteiger partial charge < -0.3 is 14.6 Å². The van der Waals surface area contributed by atoms with Gasteiger partial charge in [0.15, 0.2) is 5.52 Å². The quantitative estimate of drug-likeness (QED) is 0.391. The van der Waals surface area contributed by atoms with Gasteiger partial charge >= 0.3 is 0 Å². The third kappa shape index (κ3) is 5.04. The van der Waals surface area contributed by atoms with Crippen molar-refractivity contribution in [3.05, 3.63) is 58.9 Å². The summed E-state index contributed by atoms with van der Waals surface area (Å²) in [6.45, 7) is 4.97. The molecule has 2 aromatic carbocycles. The van der Waals surface area contributed by atoms with Crippen LogP contribution >= 0.6 is 0 Å². The van der Waals surface area contributed by atoms with Crippen molar-refractivity contribution in [1.82, 2.24) is 29.0 Å². The Kier molecular flexibility index (Phi) is 7.23. The van der Waals surface area contributed by atoms with Gasteiger partial charge in [0.05, 0.1) is 17.1 Å². The maximum absolute atomic E-state index is 13.7. The molecule has 1 aliphatic rings. The number of nitrogens with one attached hydrogen (secondary N) is 1. The predicted octanol–water partition coefficient (Wildman–Crippen LogP) is 2.63. The van der Waals surface area contributed by atoms with Crippen molar-refractivity contribution < 1.29 is 17.9 Å². The Morgan fingerprint density at radius 3 is 2.56 bits per heavy atom. The number of carbonyl (C=O) groups is 1. The van der Waals surface area contributed by atoms with Crippen LogP contribution in [0.4, 0.5) is 0 Å². The fourth-order valence-corrected chi connectivity index (χ4v) is 6.33. The number of hydrogen-bond donors (Lipinski definition) is 1. The number of aromatic nitrogens is 4. The van der Waals surface area contributed by atoms with Crippen molar-refractivity contribution in [1.29, 1.82) is 0 Å². The Balaban J connectivity index is 1.62. The average Bonchev–Trinajstić information content (AvgIpc) is 3.08. The van der Waals surface area contributed by atoms with E-state index in [-0.39, 0.29) is 23.2 Å². The smallest absolute Gasteiger partial charge is 0.277 e. The molecule has 0 bridgehead atoms. The molecule has 1 aliphatic heterocycles. The molecular weight excluding hydrogens is 520 g/mol. The van der Waals surface area contributed by atoms with E-state index in [0.717, 1.165) is 5.56 Å². The van der Waals surface area contributed by atoms with Crippen molar-refractivity contribution in [2.75, 3.05) is 32.8 Å². The molecule has 0 aliphatic carbocycles. The lowest BCUT2D eigenvalue weighted by Gasteiger charge is -2.21. The summed E-state index contributed by atoms with van der Waals surface area (Å²) < 4.78 is 36.0. The molecule has 39 heavy (non-hydrogen) atoms. The molecule has 0 atom stereocenters. The minimum atomic E-state index is -3.89. The zero-order valence-corrected chi connectivity index (χ0v) is 22.9. The zero-order valence-electron chi connectivity index (χ0n) is 22.0. The molecule has 0 saturated carbocycles. The van der Waals surface area contributed by atoms with Crippen LogP contribution in [0.5, 0.6) is 5.75 Å². The summed E-state index contributed by atoms with van der Waals surface area (Å²) in [6, 6.07) is 14.0. The van der Waals surface area contributed by atoms with E-state index < -0.39 is 15.6 Å². The lowest BCUT2D eigenvalue weighted by molar-refractivity contribution is -0.128. The van der Waals surface area contributed by atoms with E-state index >= 15 is 0 Å². The highest BCUT2D eigenvalue weighted by molar-refractivity contribution is 7.89. The van der Waals surface area contributed by atoms with Crippen molar-refractivity contribution >= 4 is 27.0 Å². The van der Waals surface area contributed by atoms with Crippen LogP contribution in [0.15, 0.2) is 58.2 Å². The molecule has 1 N–H and O–H groups in total. The molecule has 3 heterocycles. The molecule has 204 valence electrons. The zero-order chi connectivity index (χ0) is 27.7. The SMILES string of the molecule is CCOc1ccc(S(=O)(=O)N2CCCN(C(C)=O)CC2)cc1-c1nc2c(-c3ccccc3)nn(C)c2c(=O)[nH]1. The van der Waals surface area contributed by atoms with Crippen molar-refractivity contribution in [3.63, 3.8) is 0 Å². The molecule has 0 spiro atoms. The number of carbonyl (C=O) groups excluding carboxylic acids is 1. The first-order valence-electron chi connectivity index (χ1n) is 12.8. The van der Waals surface area contributed by atoms with Gasteiger partial charge in [0, 0.05) is 45.7 Å². The van der Waals surface area contributed by atoms with Gasteiger partial charge in [-0.2, -0.15) is 9.40 Å². The van der Waals surface area contributed by atoms with Gasteiger partial charge in [-0.15, -0.1) is 0 Å². The molecule has 11 nitrogen and oxygen atoms in total. The van der Waals surface area contributed by atoms with Crippen LogP contribution in [-0.2, 0) is 21.9 Å². The second-order valence-corrected chi connectivity index (χ2v) is 11.2. The Labute approximate surface area is 226 Å². The predicted molar refractivity (Wildman–Crippen MR) is 147 cm³/mol. The maximum Gasteiger partial charge on any atom is 0.277 e. The van der Waals surface area contributed by atoms with Crippen molar-refractivity contribution in [2.45, 2.75) is 25.2 Å². The lowest BCUT2D eigenvalue weighted by atomic mass is 10.1. The monoisotopic (exact) mass is 550 g/mol. The normalized spacial score (nSPS) is 14.9. The molecule has 0 unspecified atom stereocenters. The Morgan fingerprint density at radius 2 is 1.85 bits per heavy atom. The number of hydrogen-bond acceptors (Lipinski definition) is 7. The van der Waals surface area contributed by atoms with Gasteiger partial charge in [-0.3, -0.25) is 14.3 Å². The number of benzene rings is 2. The number of H-pyrrole nitrogens is 1. The fraction of sp³-hybridized carbons (Fsp3) is 0.333. The summed E-state index contributed by atoms with van der Waals surface area (Å²) in [5.74, 6) is 0.493. The lowest BCUT2D eigenvalue weighted by Crippen LogP contribution is -2.36. The number of amides is 1. The van der Waals surface area contributed by atoms with E-state index in [2.05, 4.69) is 10.1 Å². The highest BCUT2D eigenvalue weighted by atomic mass is 32.2. The van der Waals surface area contributed by atoms with Gasteiger partial charge in [0.1, 0.15) is 22.8 Å². The second kappa shape index (κ2) is 10.6. The number of fused-ring (bicyclic) bond motifs is 1. The van der Waals surface area contributed by atoms with Gasteiger partial charge in [0.25, 0.3) is 5.56 Å². The summed E-state index contributed by atoms with van der Waals surface area (Å²) in [6.07, 6.45) is 0.539. The summed E-state index contributed by atoms with van der Waals surface area (Å²) in [5, 5.41) is 4.53. The molecular formula is C27H30N6O5S. The van der Waals surface area contributed by atoms with Crippen LogP contribution in [0, 0.1) is 0 Å².